The number of nitrogen functional groups attached to an aromatic ring is 1. The van der Waals surface area contributed by atoms with E-state index in [4.69, 9.17) is 68.5 Å². The molecule has 0 atom stereocenters. The van der Waals surface area contributed by atoms with Gasteiger partial charge in [-0.15, -0.1) is 0 Å². The molecular formula is C15H9Cl5N2O3. The lowest BCUT2D eigenvalue weighted by Crippen LogP contribution is -2.21. The Kier molecular flexibility index (Phi) is 6.65. The van der Waals surface area contributed by atoms with Gasteiger partial charge in [-0.2, -0.15) is 0 Å². The average Bonchev–Trinajstić information content (AvgIpc) is 2.57. The summed E-state index contributed by atoms with van der Waals surface area (Å²) < 4.78 is 4.90. The Balaban J connectivity index is 2.07. The Morgan fingerprint density at radius 2 is 1.60 bits per heavy atom. The number of hydrogen-bond donors (Lipinski definition) is 2. The molecule has 0 saturated carbocycles. The Morgan fingerprint density at radius 3 is 2.20 bits per heavy atom. The average molecular weight is 443 g/mol. The van der Waals surface area contributed by atoms with E-state index < -0.39 is 18.5 Å². The number of benzene rings is 2. The fraction of sp³-hybridized carbons (Fsp3) is 0.0667. The predicted molar refractivity (Wildman–Crippen MR) is 101 cm³/mol. The number of hydrogen-bond acceptors (Lipinski definition) is 4. The first-order chi connectivity index (χ1) is 11.7. The molecule has 0 spiro atoms. The monoisotopic (exact) mass is 440 g/mol. The van der Waals surface area contributed by atoms with Gasteiger partial charge < -0.3 is 15.8 Å². The first kappa shape index (κ1) is 19.9. The summed E-state index contributed by atoms with van der Waals surface area (Å²) in [5.74, 6) is -1.51. The van der Waals surface area contributed by atoms with Crippen molar-refractivity contribution >= 4 is 81.3 Å². The molecular weight excluding hydrogens is 433 g/mol. The van der Waals surface area contributed by atoms with Crippen LogP contribution in [0.25, 0.3) is 0 Å². The van der Waals surface area contributed by atoms with Gasteiger partial charge >= 0.3 is 5.97 Å². The van der Waals surface area contributed by atoms with Crippen LogP contribution in [0, 0.1) is 0 Å². The largest absolute Gasteiger partial charge is 0.452 e. The second-order valence-electron chi connectivity index (χ2n) is 4.70. The number of carbonyl (C=O) groups excluding carboxylic acids is 2. The molecule has 0 heterocycles. The number of nitrogens with one attached hydrogen (secondary N) is 1. The smallest absolute Gasteiger partial charge is 0.340 e. The molecule has 1 amide bonds. The highest BCUT2D eigenvalue weighted by Gasteiger charge is 2.18. The van der Waals surface area contributed by atoms with E-state index in [0.29, 0.717) is 5.02 Å². The zero-order valence-electron chi connectivity index (χ0n) is 12.2. The van der Waals surface area contributed by atoms with Gasteiger partial charge in [-0.25, -0.2) is 4.79 Å². The van der Waals surface area contributed by atoms with Gasteiger partial charge in [-0.3, -0.25) is 4.79 Å². The van der Waals surface area contributed by atoms with Crippen LogP contribution >= 0.6 is 58.0 Å². The summed E-state index contributed by atoms with van der Waals surface area (Å²) in [5.41, 5.74) is 5.90. The first-order valence-electron chi connectivity index (χ1n) is 6.55. The van der Waals surface area contributed by atoms with Crippen LogP contribution in [0.15, 0.2) is 24.3 Å². The van der Waals surface area contributed by atoms with E-state index in [2.05, 4.69) is 5.32 Å². The summed E-state index contributed by atoms with van der Waals surface area (Å²) in [5, 5.41) is 2.92. The quantitative estimate of drug-likeness (QED) is 0.381. The van der Waals surface area contributed by atoms with Crippen molar-refractivity contribution < 1.29 is 14.3 Å². The summed E-state index contributed by atoms with van der Waals surface area (Å²) in [6.45, 7) is -0.610. The number of rotatable bonds is 4. The lowest BCUT2D eigenvalue weighted by atomic mass is 10.2. The van der Waals surface area contributed by atoms with Crippen molar-refractivity contribution in [2.24, 2.45) is 0 Å². The molecule has 0 radical (unpaired) electrons. The fourth-order valence-electron chi connectivity index (χ4n) is 1.77. The van der Waals surface area contributed by atoms with Gasteiger partial charge in [0.2, 0.25) is 0 Å². The van der Waals surface area contributed by atoms with Gasteiger partial charge in [0.25, 0.3) is 5.91 Å². The number of esters is 1. The Hall–Kier alpha value is -1.37. The third kappa shape index (κ3) is 4.84. The zero-order chi connectivity index (χ0) is 18.7. The summed E-state index contributed by atoms with van der Waals surface area (Å²) in [6, 6.07) is 5.65. The number of carbonyl (C=O) groups is 2. The lowest BCUT2D eigenvalue weighted by Gasteiger charge is -2.12. The van der Waals surface area contributed by atoms with Gasteiger partial charge in [0, 0.05) is 10.7 Å². The highest BCUT2D eigenvalue weighted by Crippen LogP contribution is 2.40. The van der Waals surface area contributed by atoms with Crippen LogP contribution in [0.5, 0.6) is 0 Å². The SMILES string of the molecule is Nc1ccc(Cl)cc1C(=O)OCC(=O)Nc1c(Cl)c(Cl)cc(Cl)c1Cl. The van der Waals surface area contributed by atoms with Crippen molar-refractivity contribution in [1.29, 1.82) is 0 Å². The maximum Gasteiger partial charge on any atom is 0.340 e. The van der Waals surface area contributed by atoms with Crippen molar-refractivity contribution in [1.82, 2.24) is 0 Å². The fourth-order valence-corrected chi connectivity index (χ4v) is 2.85. The molecule has 0 aliphatic carbocycles. The topological polar surface area (TPSA) is 81.4 Å². The highest BCUT2D eigenvalue weighted by atomic mass is 35.5. The molecule has 2 aromatic carbocycles. The van der Waals surface area contributed by atoms with E-state index in [1.54, 1.807) is 0 Å². The molecule has 2 aromatic rings. The van der Waals surface area contributed by atoms with Gasteiger partial charge in [-0.05, 0) is 24.3 Å². The molecule has 25 heavy (non-hydrogen) atoms. The molecule has 2 rings (SSSR count). The molecule has 132 valence electrons. The van der Waals surface area contributed by atoms with Crippen LogP contribution in [-0.2, 0) is 9.53 Å². The minimum atomic E-state index is -0.809. The molecule has 0 saturated heterocycles. The predicted octanol–water partition coefficient (Wildman–Crippen LogP) is 5.33. The van der Waals surface area contributed by atoms with E-state index in [1.165, 1.54) is 24.3 Å². The highest BCUT2D eigenvalue weighted by molar-refractivity contribution is 6.50. The van der Waals surface area contributed by atoms with E-state index in [-0.39, 0.29) is 37.0 Å². The summed E-state index contributed by atoms with van der Waals surface area (Å²) in [7, 11) is 0. The standard InChI is InChI=1S/C15H9Cl5N2O3/c16-6-1-2-10(21)7(3-6)15(24)25-5-11(23)22-14-12(19)8(17)4-9(18)13(14)20/h1-4H,5,21H2,(H,22,23). The maximum absolute atomic E-state index is 12.0. The summed E-state index contributed by atoms with van der Waals surface area (Å²) in [6.07, 6.45) is 0. The molecule has 3 N–H and O–H groups in total. The lowest BCUT2D eigenvalue weighted by molar-refractivity contribution is -0.119. The number of ether oxygens (including phenoxy) is 1. The number of amides is 1. The van der Waals surface area contributed by atoms with E-state index in [9.17, 15) is 9.59 Å². The van der Waals surface area contributed by atoms with Crippen LogP contribution in [0.3, 0.4) is 0 Å². The molecule has 0 fully saturated rings. The van der Waals surface area contributed by atoms with Crippen molar-refractivity contribution in [3.63, 3.8) is 0 Å². The van der Waals surface area contributed by atoms with Crippen molar-refractivity contribution in [2.45, 2.75) is 0 Å². The van der Waals surface area contributed by atoms with Crippen LogP contribution in [0.2, 0.25) is 25.1 Å². The molecule has 0 unspecified atom stereocenters. The second-order valence-corrected chi connectivity index (χ2v) is 6.71. The van der Waals surface area contributed by atoms with E-state index >= 15 is 0 Å². The minimum absolute atomic E-state index is 0.00910. The Labute approximate surface area is 167 Å². The third-order valence-corrected chi connectivity index (χ3v) is 4.76. The second kappa shape index (κ2) is 8.34. The van der Waals surface area contributed by atoms with E-state index in [1.807, 2.05) is 0 Å². The van der Waals surface area contributed by atoms with Crippen molar-refractivity contribution in [2.75, 3.05) is 17.7 Å². The van der Waals surface area contributed by atoms with Crippen molar-refractivity contribution in [3.05, 3.63) is 54.9 Å². The molecule has 0 aliphatic rings. The molecule has 0 aliphatic heterocycles. The number of halogens is 5. The van der Waals surface area contributed by atoms with Crippen LogP contribution in [0.4, 0.5) is 11.4 Å². The molecule has 10 heteroatoms. The minimum Gasteiger partial charge on any atom is -0.452 e. The third-order valence-electron chi connectivity index (χ3n) is 2.95. The molecule has 0 aromatic heterocycles. The van der Waals surface area contributed by atoms with Crippen LogP contribution < -0.4 is 11.1 Å². The van der Waals surface area contributed by atoms with Gasteiger partial charge in [0.15, 0.2) is 6.61 Å². The normalized spacial score (nSPS) is 10.4. The zero-order valence-corrected chi connectivity index (χ0v) is 16.0. The first-order valence-corrected chi connectivity index (χ1v) is 8.44. The van der Waals surface area contributed by atoms with Gasteiger partial charge in [0.1, 0.15) is 0 Å². The van der Waals surface area contributed by atoms with Gasteiger partial charge in [-0.1, -0.05) is 58.0 Å². The van der Waals surface area contributed by atoms with Crippen LogP contribution in [0.1, 0.15) is 10.4 Å². The Bertz CT molecular complexity index is 831. The number of nitrogens with two attached hydrogens (primary N) is 1. The summed E-state index contributed by atoms with van der Waals surface area (Å²) >= 11 is 29.5. The number of anilines is 2. The molecule has 0 bridgehead atoms. The van der Waals surface area contributed by atoms with E-state index in [0.717, 1.165) is 0 Å². The molecule has 5 nitrogen and oxygen atoms in total. The summed E-state index contributed by atoms with van der Waals surface area (Å²) in [4.78, 5) is 24.0. The Morgan fingerprint density at radius 1 is 1.00 bits per heavy atom. The maximum atomic E-state index is 12.0. The van der Waals surface area contributed by atoms with Gasteiger partial charge in [0.05, 0.1) is 31.3 Å². The van der Waals surface area contributed by atoms with Crippen molar-refractivity contribution in [3.8, 4) is 0 Å². The van der Waals surface area contributed by atoms with Crippen LogP contribution in [-0.4, -0.2) is 18.5 Å².